The average Bonchev–Trinajstić information content (AvgIpc) is 3.02. The van der Waals surface area contributed by atoms with Crippen LogP contribution in [0.5, 0.6) is 5.75 Å². The monoisotopic (exact) mass is 471 g/mol. The van der Waals surface area contributed by atoms with Crippen molar-refractivity contribution in [3.8, 4) is 29.1 Å². The molecule has 0 unspecified atom stereocenters. The topological polar surface area (TPSA) is 102 Å². The van der Waals surface area contributed by atoms with Crippen LogP contribution in [0.2, 0.25) is 0 Å². The number of nitriles is 2. The first kappa shape index (κ1) is 23.0. The van der Waals surface area contributed by atoms with Gasteiger partial charge in [-0.2, -0.15) is 10.5 Å². The van der Waals surface area contributed by atoms with Crippen LogP contribution < -0.4 is 10.1 Å². The number of benzene rings is 1. The van der Waals surface area contributed by atoms with Crippen LogP contribution in [0.1, 0.15) is 19.0 Å². The van der Waals surface area contributed by atoms with E-state index in [0.29, 0.717) is 39.1 Å². The summed E-state index contributed by atoms with van der Waals surface area (Å²) < 4.78 is 6.85. The number of nitrogens with one attached hydrogen (secondary N) is 1. The zero-order chi connectivity index (χ0) is 24.2. The molecule has 3 aromatic rings. The van der Waals surface area contributed by atoms with Crippen LogP contribution in [-0.2, 0) is 0 Å². The second-order valence-electron chi connectivity index (χ2n) is 7.66. The predicted molar refractivity (Wildman–Crippen MR) is 136 cm³/mol. The van der Waals surface area contributed by atoms with E-state index in [1.165, 1.54) is 11.8 Å². The number of aromatic nitrogens is 3. The van der Waals surface area contributed by atoms with Gasteiger partial charge in [-0.25, -0.2) is 9.50 Å². The summed E-state index contributed by atoms with van der Waals surface area (Å²) in [5, 5.41) is 28.5. The number of hydrogen-bond acceptors (Lipinski definition) is 8. The van der Waals surface area contributed by atoms with Crippen molar-refractivity contribution in [2.75, 3.05) is 32.8 Å². The Hall–Kier alpha value is -4.21. The van der Waals surface area contributed by atoms with Crippen molar-refractivity contribution in [2.45, 2.75) is 11.4 Å². The summed E-state index contributed by atoms with van der Waals surface area (Å²) in [6, 6.07) is 11.9. The molecule has 1 aliphatic rings. The van der Waals surface area contributed by atoms with Crippen LogP contribution in [0.25, 0.3) is 16.9 Å². The highest BCUT2D eigenvalue weighted by atomic mass is 32.2. The number of nitrogens with zero attached hydrogens (tertiary/aromatic N) is 6. The fraction of sp³-hybridized carbons (Fsp3) is 0.200. The minimum atomic E-state index is 0. The lowest BCUT2D eigenvalue weighted by atomic mass is 10.1. The van der Waals surface area contributed by atoms with Crippen LogP contribution in [0, 0.1) is 22.7 Å². The molecule has 0 atom stereocenters. The summed E-state index contributed by atoms with van der Waals surface area (Å²) >= 11 is 1.36. The van der Waals surface area contributed by atoms with E-state index >= 15 is 0 Å². The predicted octanol–water partition coefficient (Wildman–Crippen LogP) is 4.82. The van der Waals surface area contributed by atoms with Gasteiger partial charge >= 0.3 is 0 Å². The van der Waals surface area contributed by atoms with Crippen molar-refractivity contribution in [2.24, 2.45) is 0 Å². The van der Waals surface area contributed by atoms with E-state index in [2.05, 4.69) is 38.5 Å². The lowest BCUT2D eigenvalue weighted by Crippen LogP contribution is -2.09. The van der Waals surface area contributed by atoms with Gasteiger partial charge in [-0.05, 0) is 48.7 Å². The maximum Gasteiger partial charge on any atom is 0.177 e. The molecule has 1 aliphatic carbocycles. The summed E-state index contributed by atoms with van der Waals surface area (Å²) in [6.45, 7) is 0. The van der Waals surface area contributed by atoms with Crippen LogP contribution in [0.3, 0.4) is 0 Å². The molecule has 172 valence electrons. The summed E-state index contributed by atoms with van der Waals surface area (Å²) in [6.07, 6.45) is 10.7. The smallest absolute Gasteiger partial charge is 0.177 e. The Morgan fingerprint density at radius 1 is 1.15 bits per heavy atom. The number of allylic oxidation sites excluding steroid dienone is 4. The molecule has 0 saturated heterocycles. The van der Waals surface area contributed by atoms with Crippen LogP contribution in [0.15, 0.2) is 65.0 Å². The number of ether oxygens (including phenoxy) is 1. The zero-order valence-electron chi connectivity index (χ0n) is 19.3. The molecule has 4 rings (SSSR count). The minimum absolute atomic E-state index is 0. The standard InChI is InChI=1S/C25H23N7OS.H2/c1-31(2)18-7-5-6-17(10-11-18)28-23-21(15-27)24-29-25(34-4)20(14-26)22(32(24)30-23)16-8-12-19(33-3)13-9-16;/h5-6,8-13H,7H2,1-4H3,(H,28,30);1H. The summed E-state index contributed by atoms with van der Waals surface area (Å²) in [7, 11) is 5.61. The molecule has 0 saturated carbocycles. The number of fused-ring (bicyclic) bond motifs is 1. The van der Waals surface area contributed by atoms with Crippen LogP contribution in [-0.4, -0.2) is 47.0 Å². The summed E-state index contributed by atoms with van der Waals surface area (Å²) in [5.74, 6) is 1.08. The third kappa shape index (κ3) is 4.21. The fourth-order valence-corrected chi connectivity index (χ4v) is 4.17. The lowest BCUT2D eigenvalue weighted by Gasteiger charge is -2.14. The van der Waals surface area contributed by atoms with Crippen molar-refractivity contribution >= 4 is 23.2 Å². The van der Waals surface area contributed by atoms with E-state index in [0.717, 1.165) is 23.4 Å². The zero-order valence-corrected chi connectivity index (χ0v) is 20.1. The van der Waals surface area contributed by atoms with Gasteiger partial charge in [0, 0.05) is 38.9 Å². The van der Waals surface area contributed by atoms with Gasteiger partial charge in [-0.3, -0.25) is 0 Å². The number of methoxy groups -OCH3 is 1. The van der Waals surface area contributed by atoms with E-state index in [9.17, 15) is 10.5 Å². The molecule has 9 heteroatoms. The lowest BCUT2D eigenvalue weighted by molar-refractivity contribution is 0.415. The quantitative estimate of drug-likeness (QED) is 0.403. The van der Waals surface area contributed by atoms with E-state index in [-0.39, 0.29) is 1.43 Å². The largest absolute Gasteiger partial charge is 0.497 e. The molecule has 0 fully saturated rings. The van der Waals surface area contributed by atoms with Crippen molar-refractivity contribution in [1.29, 1.82) is 10.5 Å². The maximum atomic E-state index is 10.00. The van der Waals surface area contributed by atoms with E-state index < -0.39 is 0 Å². The molecule has 1 aromatic carbocycles. The highest BCUT2D eigenvalue weighted by Gasteiger charge is 2.23. The van der Waals surface area contributed by atoms with E-state index in [1.54, 1.807) is 11.6 Å². The Morgan fingerprint density at radius 3 is 2.50 bits per heavy atom. The van der Waals surface area contributed by atoms with Crippen molar-refractivity contribution in [1.82, 2.24) is 19.5 Å². The van der Waals surface area contributed by atoms with Crippen molar-refractivity contribution < 1.29 is 6.16 Å². The molecule has 0 bridgehead atoms. The van der Waals surface area contributed by atoms with Crippen LogP contribution >= 0.6 is 11.8 Å². The van der Waals surface area contributed by atoms with Crippen molar-refractivity contribution in [3.63, 3.8) is 0 Å². The van der Waals surface area contributed by atoms with Gasteiger partial charge in [0.2, 0.25) is 0 Å². The maximum absolute atomic E-state index is 10.00. The Balaban J connectivity index is 0.00000342. The normalized spacial score (nSPS) is 12.9. The van der Waals surface area contributed by atoms with Gasteiger partial charge in [0.05, 0.1) is 12.8 Å². The fourth-order valence-electron chi connectivity index (χ4n) is 3.65. The van der Waals surface area contributed by atoms with Gasteiger partial charge < -0.3 is 15.0 Å². The number of thioether (sulfide) groups is 1. The molecule has 0 amide bonds. The summed E-state index contributed by atoms with van der Waals surface area (Å²) in [5.41, 5.74) is 4.40. The van der Waals surface area contributed by atoms with Gasteiger partial charge in [-0.1, -0.05) is 6.08 Å². The SMILES string of the molecule is COc1ccc(-c2c(C#N)c(SC)nc3c(C#N)c(NC4=CC=C(N(C)C)CC=C4)nn23)cc1.[HH]. The molecule has 8 nitrogen and oxygen atoms in total. The highest BCUT2D eigenvalue weighted by Crippen LogP contribution is 2.34. The first-order valence-electron chi connectivity index (χ1n) is 10.5. The Kier molecular flexibility index (Phi) is 6.58. The van der Waals surface area contributed by atoms with E-state index in [4.69, 9.17) is 4.74 Å². The van der Waals surface area contributed by atoms with Gasteiger partial charge in [0.15, 0.2) is 11.5 Å². The number of anilines is 1. The summed E-state index contributed by atoms with van der Waals surface area (Å²) in [4.78, 5) is 6.68. The molecule has 0 aliphatic heterocycles. The Labute approximate surface area is 204 Å². The molecule has 2 heterocycles. The van der Waals surface area contributed by atoms with Crippen molar-refractivity contribution in [3.05, 3.63) is 71.1 Å². The third-order valence-electron chi connectivity index (χ3n) is 5.43. The molecule has 2 aromatic heterocycles. The molecule has 0 radical (unpaired) electrons. The second kappa shape index (κ2) is 9.74. The molecule has 1 N–H and O–H groups in total. The number of rotatable bonds is 6. The molecule has 34 heavy (non-hydrogen) atoms. The molecule has 0 spiro atoms. The van der Waals surface area contributed by atoms with Gasteiger partial charge in [0.1, 0.15) is 34.0 Å². The average molecular weight is 472 g/mol. The van der Waals surface area contributed by atoms with Gasteiger partial charge in [0.25, 0.3) is 0 Å². The Morgan fingerprint density at radius 2 is 1.88 bits per heavy atom. The highest BCUT2D eigenvalue weighted by molar-refractivity contribution is 7.98. The molecular weight excluding hydrogens is 446 g/mol. The first-order valence-corrected chi connectivity index (χ1v) is 11.7. The minimum Gasteiger partial charge on any atom is -0.497 e. The molecular formula is C25H25N7OS. The van der Waals surface area contributed by atoms with Crippen LogP contribution in [0.4, 0.5) is 5.82 Å². The second-order valence-corrected chi connectivity index (χ2v) is 8.46. The number of hydrogen-bond donors (Lipinski definition) is 1. The Bertz CT molecular complexity index is 1420. The van der Waals surface area contributed by atoms with E-state index in [1.807, 2.05) is 62.8 Å². The first-order chi connectivity index (χ1) is 16.5. The van der Waals surface area contributed by atoms with Gasteiger partial charge in [-0.15, -0.1) is 16.9 Å². The third-order valence-corrected chi connectivity index (χ3v) is 6.11.